The topological polar surface area (TPSA) is 84.9 Å². The van der Waals surface area contributed by atoms with Crippen LogP contribution >= 0.6 is 11.6 Å². The summed E-state index contributed by atoms with van der Waals surface area (Å²) in [6.07, 6.45) is 0. The highest BCUT2D eigenvalue weighted by molar-refractivity contribution is 7.92. The number of para-hydroxylation sites is 2. The predicted molar refractivity (Wildman–Crippen MR) is 140 cm³/mol. The van der Waals surface area contributed by atoms with Gasteiger partial charge in [-0.15, -0.1) is 0 Å². The second-order valence-electron chi connectivity index (χ2n) is 7.88. The van der Waals surface area contributed by atoms with Crippen molar-refractivity contribution in [2.24, 2.45) is 0 Å². The van der Waals surface area contributed by atoms with Crippen molar-refractivity contribution in [2.75, 3.05) is 23.3 Å². The number of hydrogen-bond donors (Lipinski definition) is 1. The molecule has 0 saturated carbocycles. The molecule has 0 aliphatic heterocycles. The van der Waals surface area contributed by atoms with Crippen LogP contribution in [-0.2, 0) is 14.8 Å². The summed E-state index contributed by atoms with van der Waals surface area (Å²) in [7, 11) is -2.85. The Balaban J connectivity index is 1.64. The van der Waals surface area contributed by atoms with Crippen LogP contribution in [0.5, 0.6) is 17.2 Å². The zero-order valence-electron chi connectivity index (χ0n) is 19.9. The van der Waals surface area contributed by atoms with E-state index in [-0.39, 0.29) is 22.0 Å². The molecule has 11 heteroatoms. The maximum absolute atomic E-state index is 13.6. The van der Waals surface area contributed by atoms with Crippen molar-refractivity contribution in [3.63, 3.8) is 0 Å². The molecule has 0 aliphatic rings. The molecule has 0 spiro atoms. The maximum atomic E-state index is 13.6. The van der Waals surface area contributed by atoms with Crippen LogP contribution in [0.4, 0.5) is 20.2 Å². The summed E-state index contributed by atoms with van der Waals surface area (Å²) in [5.74, 6) is -0.908. The molecule has 0 aliphatic carbocycles. The minimum Gasteiger partial charge on any atom is -0.493 e. The van der Waals surface area contributed by atoms with E-state index in [2.05, 4.69) is 5.32 Å². The normalized spacial score (nSPS) is 11.1. The number of nitrogens with one attached hydrogen (secondary N) is 1. The molecule has 7 nitrogen and oxygen atoms in total. The Bertz CT molecular complexity index is 1550. The summed E-state index contributed by atoms with van der Waals surface area (Å²) in [6.45, 7) is -0.689. The average molecular weight is 559 g/mol. The first-order valence-corrected chi connectivity index (χ1v) is 12.9. The Morgan fingerprint density at radius 3 is 2.11 bits per heavy atom. The highest BCUT2D eigenvalue weighted by Gasteiger charge is 2.28. The van der Waals surface area contributed by atoms with E-state index in [0.717, 1.165) is 40.7 Å². The Labute approximate surface area is 223 Å². The molecule has 196 valence electrons. The fraction of sp³-hybridized carbons (Fsp3) is 0.0741. The van der Waals surface area contributed by atoms with Crippen molar-refractivity contribution in [3.05, 3.63) is 108 Å². The zero-order chi connectivity index (χ0) is 27.3. The lowest BCUT2D eigenvalue weighted by atomic mass is 10.2. The fourth-order valence-corrected chi connectivity index (χ4v) is 5.08. The number of hydrogen-bond acceptors (Lipinski definition) is 5. The van der Waals surface area contributed by atoms with E-state index >= 15 is 0 Å². The Kier molecular flexibility index (Phi) is 8.13. The number of sulfonamides is 1. The summed E-state index contributed by atoms with van der Waals surface area (Å²) in [5, 5.41) is 2.92. The molecular formula is C27H21ClF2N2O5S. The van der Waals surface area contributed by atoms with Crippen LogP contribution in [-0.4, -0.2) is 28.0 Å². The molecule has 0 atom stereocenters. The van der Waals surface area contributed by atoms with E-state index < -0.39 is 34.1 Å². The highest BCUT2D eigenvalue weighted by Crippen LogP contribution is 2.36. The molecule has 0 saturated heterocycles. The van der Waals surface area contributed by atoms with Gasteiger partial charge in [0.25, 0.3) is 10.0 Å². The van der Waals surface area contributed by atoms with Gasteiger partial charge >= 0.3 is 0 Å². The fourth-order valence-electron chi connectivity index (χ4n) is 3.49. The number of ether oxygens (including phenoxy) is 2. The molecule has 0 fully saturated rings. The number of benzene rings is 4. The van der Waals surface area contributed by atoms with E-state index in [1.165, 1.54) is 31.4 Å². The lowest BCUT2D eigenvalue weighted by Crippen LogP contribution is -2.38. The Hall–Kier alpha value is -4.15. The van der Waals surface area contributed by atoms with Gasteiger partial charge in [-0.2, -0.15) is 0 Å². The van der Waals surface area contributed by atoms with E-state index in [1.54, 1.807) is 30.3 Å². The van der Waals surface area contributed by atoms with E-state index in [0.29, 0.717) is 16.5 Å². The van der Waals surface area contributed by atoms with Gasteiger partial charge in [0.1, 0.15) is 18.2 Å². The molecule has 38 heavy (non-hydrogen) atoms. The van der Waals surface area contributed by atoms with Gasteiger partial charge in [-0.3, -0.25) is 9.10 Å². The number of halogens is 3. The average Bonchev–Trinajstić information content (AvgIpc) is 2.90. The summed E-state index contributed by atoms with van der Waals surface area (Å²) in [4.78, 5) is 12.9. The quantitative estimate of drug-likeness (QED) is 0.262. The van der Waals surface area contributed by atoms with Crippen LogP contribution in [0.2, 0.25) is 5.02 Å². The van der Waals surface area contributed by atoms with Gasteiger partial charge in [-0.25, -0.2) is 17.2 Å². The van der Waals surface area contributed by atoms with Crippen LogP contribution < -0.4 is 19.1 Å². The molecule has 0 heterocycles. The lowest BCUT2D eigenvalue weighted by molar-refractivity contribution is -0.114. The molecule has 1 N–H and O–H groups in total. The summed E-state index contributed by atoms with van der Waals surface area (Å²) in [6, 6.07) is 20.1. The number of carbonyl (C=O) groups is 1. The van der Waals surface area contributed by atoms with Gasteiger partial charge < -0.3 is 14.8 Å². The minimum atomic E-state index is -4.34. The van der Waals surface area contributed by atoms with E-state index in [4.69, 9.17) is 21.1 Å². The largest absolute Gasteiger partial charge is 0.493 e. The van der Waals surface area contributed by atoms with Gasteiger partial charge in [0, 0.05) is 5.02 Å². The van der Waals surface area contributed by atoms with Crippen molar-refractivity contribution >= 4 is 38.9 Å². The van der Waals surface area contributed by atoms with Crippen molar-refractivity contribution < 1.29 is 31.5 Å². The van der Waals surface area contributed by atoms with Gasteiger partial charge in [0.2, 0.25) is 5.91 Å². The van der Waals surface area contributed by atoms with Crippen LogP contribution in [0.3, 0.4) is 0 Å². The van der Waals surface area contributed by atoms with Crippen molar-refractivity contribution in [1.29, 1.82) is 0 Å². The van der Waals surface area contributed by atoms with Crippen molar-refractivity contribution in [3.8, 4) is 17.2 Å². The Morgan fingerprint density at radius 1 is 0.868 bits per heavy atom. The minimum absolute atomic E-state index is 0.0301. The maximum Gasteiger partial charge on any atom is 0.264 e. The van der Waals surface area contributed by atoms with Crippen molar-refractivity contribution in [1.82, 2.24) is 0 Å². The van der Waals surface area contributed by atoms with Crippen molar-refractivity contribution in [2.45, 2.75) is 4.90 Å². The predicted octanol–water partition coefficient (Wildman–Crippen LogP) is 6.25. The number of methoxy groups -OCH3 is 1. The standard InChI is InChI=1S/C27H21ClF2N2O5S/c1-36-25-4-2-3-5-26(25)37-24-15-6-18(28)16-23(24)31-27(33)17-32(21-11-7-19(29)8-12-21)38(34,35)22-13-9-20(30)10-14-22/h2-16H,17H2,1H3,(H,31,33). The highest BCUT2D eigenvalue weighted by atomic mass is 35.5. The van der Waals surface area contributed by atoms with E-state index in [1.807, 2.05) is 0 Å². The molecular weight excluding hydrogens is 538 g/mol. The number of rotatable bonds is 9. The van der Waals surface area contributed by atoms with Gasteiger partial charge in [-0.1, -0.05) is 23.7 Å². The van der Waals surface area contributed by atoms with Crippen LogP contribution in [0, 0.1) is 11.6 Å². The lowest BCUT2D eigenvalue weighted by Gasteiger charge is -2.24. The number of nitrogens with zero attached hydrogens (tertiary/aromatic N) is 1. The molecule has 0 radical (unpaired) electrons. The summed E-state index contributed by atoms with van der Waals surface area (Å²) in [5.41, 5.74) is 0.203. The third kappa shape index (κ3) is 6.21. The molecule has 0 unspecified atom stereocenters. The number of carbonyl (C=O) groups excluding carboxylic acids is 1. The van der Waals surface area contributed by atoms with Gasteiger partial charge in [0.05, 0.1) is 23.4 Å². The first kappa shape index (κ1) is 26.9. The molecule has 1 amide bonds. The molecule has 4 aromatic rings. The van der Waals surface area contributed by atoms with Gasteiger partial charge in [0.15, 0.2) is 17.2 Å². The third-order valence-corrected chi connectivity index (χ3v) is 7.33. The molecule has 4 rings (SSSR count). The van der Waals surface area contributed by atoms with Gasteiger partial charge in [-0.05, 0) is 78.9 Å². The van der Waals surface area contributed by atoms with Crippen LogP contribution in [0.25, 0.3) is 0 Å². The molecule has 0 bridgehead atoms. The molecule has 4 aromatic carbocycles. The second kappa shape index (κ2) is 11.5. The molecule has 0 aromatic heterocycles. The smallest absolute Gasteiger partial charge is 0.264 e. The number of anilines is 2. The second-order valence-corrected chi connectivity index (χ2v) is 10.2. The third-order valence-electron chi connectivity index (χ3n) is 5.31. The van der Waals surface area contributed by atoms with Crippen LogP contribution in [0.1, 0.15) is 0 Å². The Morgan fingerprint density at radius 2 is 1.47 bits per heavy atom. The van der Waals surface area contributed by atoms with E-state index in [9.17, 15) is 22.0 Å². The summed E-state index contributed by atoms with van der Waals surface area (Å²) < 4.78 is 65.8. The number of amides is 1. The summed E-state index contributed by atoms with van der Waals surface area (Å²) >= 11 is 6.14. The monoisotopic (exact) mass is 558 g/mol. The first-order valence-electron chi connectivity index (χ1n) is 11.1. The zero-order valence-corrected chi connectivity index (χ0v) is 21.5. The van der Waals surface area contributed by atoms with Crippen LogP contribution in [0.15, 0.2) is 95.9 Å². The first-order chi connectivity index (χ1) is 18.2. The SMILES string of the molecule is COc1ccccc1Oc1ccc(Cl)cc1NC(=O)CN(c1ccc(F)cc1)S(=O)(=O)c1ccc(F)cc1.